The second-order valence-corrected chi connectivity index (χ2v) is 4.46. The second kappa shape index (κ2) is 7.72. The number of amides is 1. The van der Waals surface area contributed by atoms with E-state index in [1.165, 1.54) is 12.1 Å². The SMILES string of the molecule is C=CCOC(=O)NC(Cc1ccc(Cl)nc1Cl)C(=O)O. The van der Waals surface area contributed by atoms with E-state index in [0.29, 0.717) is 5.56 Å². The van der Waals surface area contributed by atoms with Crippen LogP contribution in [0.5, 0.6) is 0 Å². The Kier molecular flexibility index (Phi) is 6.27. The molecule has 0 saturated heterocycles. The Bertz CT molecular complexity index is 522. The van der Waals surface area contributed by atoms with Gasteiger partial charge in [0, 0.05) is 6.42 Å². The summed E-state index contributed by atoms with van der Waals surface area (Å²) < 4.78 is 4.66. The summed E-state index contributed by atoms with van der Waals surface area (Å²) in [4.78, 5) is 26.2. The number of rotatable bonds is 6. The van der Waals surface area contributed by atoms with E-state index < -0.39 is 18.1 Å². The monoisotopic (exact) mass is 318 g/mol. The molecule has 0 aromatic carbocycles. The largest absolute Gasteiger partial charge is 0.480 e. The first-order valence-electron chi connectivity index (χ1n) is 5.52. The van der Waals surface area contributed by atoms with Crippen LogP contribution in [-0.2, 0) is 16.0 Å². The molecule has 20 heavy (non-hydrogen) atoms. The van der Waals surface area contributed by atoms with Crippen molar-refractivity contribution in [3.8, 4) is 0 Å². The molecule has 1 aromatic heterocycles. The molecule has 1 rings (SSSR count). The summed E-state index contributed by atoms with van der Waals surface area (Å²) in [6.45, 7) is 3.36. The van der Waals surface area contributed by atoms with Gasteiger partial charge in [0.25, 0.3) is 0 Å². The average molecular weight is 319 g/mol. The smallest absolute Gasteiger partial charge is 0.408 e. The van der Waals surface area contributed by atoms with Crippen LogP contribution >= 0.6 is 23.2 Å². The molecule has 2 N–H and O–H groups in total. The molecule has 0 radical (unpaired) electrons. The van der Waals surface area contributed by atoms with Crippen LogP contribution in [-0.4, -0.2) is 34.8 Å². The summed E-state index contributed by atoms with van der Waals surface area (Å²) in [6, 6.07) is 1.84. The highest BCUT2D eigenvalue weighted by molar-refractivity contribution is 6.32. The number of carbonyl (C=O) groups excluding carboxylic acids is 1. The molecule has 108 valence electrons. The molecule has 0 fully saturated rings. The van der Waals surface area contributed by atoms with E-state index in [-0.39, 0.29) is 23.3 Å². The molecule has 0 spiro atoms. The molecule has 1 atom stereocenters. The maximum absolute atomic E-state index is 11.3. The van der Waals surface area contributed by atoms with Gasteiger partial charge >= 0.3 is 12.1 Å². The van der Waals surface area contributed by atoms with Gasteiger partial charge in [-0.2, -0.15) is 0 Å². The number of pyridine rings is 1. The average Bonchev–Trinajstić information content (AvgIpc) is 2.38. The predicted octanol–water partition coefficient (Wildman–Crippen LogP) is 2.30. The Morgan fingerprint density at radius 2 is 2.20 bits per heavy atom. The Labute approximate surface area is 125 Å². The van der Waals surface area contributed by atoms with Crippen LogP contribution in [0.15, 0.2) is 24.8 Å². The summed E-state index contributed by atoms with van der Waals surface area (Å²) in [7, 11) is 0. The fraction of sp³-hybridized carbons (Fsp3) is 0.250. The van der Waals surface area contributed by atoms with E-state index in [1.54, 1.807) is 6.07 Å². The van der Waals surface area contributed by atoms with E-state index in [4.69, 9.17) is 28.3 Å². The molecule has 1 aromatic rings. The first-order chi connectivity index (χ1) is 9.43. The van der Waals surface area contributed by atoms with E-state index >= 15 is 0 Å². The van der Waals surface area contributed by atoms with Crippen molar-refractivity contribution in [3.63, 3.8) is 0 Å². The van der Waals surface area contributed by atoms with Crippen molar-refractivity contribution in [2.75, 3.05) is 6.61 Å². The number of halogens is 2. The van der Waals surface area contributed by atoms with Crippen LogP contribution in [0, 0.1) is 0 Å². The molecule has 0 bridgehead atoms. The van der Waals surface area contributed by atoms with Crippen molar-refractivity contribution in [1.82, 2.24) is 10.3 Å². The van der Waals surface area contributed by atoms with Crippen LogP contribution in [0.1, 0.15) is 5.56 Å². The number of aromatic nitrogens is 1. The number of hydrogen-bond donors (Lipinski definition) is 2. The minimum atomic E-state index is -1.22. The summed E-state index contributed by atoms with van der Waals surface area (Å²) in [5.74, 6) is -1.22. The predicted molar refractivity (Wildman–Crippen MR) is 74.1 cm³/mol. The number of hydrogen-bond acceptors (Lipinski definition) is 4. The Hall–Kier alpha value is -1.79. The zero-order valence-electron chi connectivity index (χ0n) is 10.3. The first-order valence-corrected chi connectivity index (χ1v) is 6.27. The maximum Gasteiger partial charge on any atom is 0.408 e. The minimum Gasteiger partial charge on any atom is -0.480 e. The van der Waals surface area contributed by atoms with Crippen molar-refractivity contribution in [2.45, 2.75) is 12.5 Å². The van der Waals surface area contributed by atoms with E-state index in [9.17, 15) is 9.59 Å². The number of nitrogens with one attached hydrogen (secondary N) is 1. The molecule has 8 heteroatoms. The lowest BCUT2D eigenvalue weighted by molar-refractivity contribution is -0.139. The molecule has 1 amide bonds. The summed E-state index contributed by atoms with van der Waals surface area (Å²) >= 11 is 11.5. The number of aliphatic carboxylic acids is 1. The van der Waals surface area contributed by atoms with Gasteiger partial charge in [-0.3, -0.25) is 0 Å². The van der Waals surface area contributed by atoms with Gasteiger partial charge in [-0.15, -0.1) is 0 Å². The fourth-order valence-electron chi connectivity index (χ4n) is 1.33. The van der Waals surface area contributed by atoms with Crippen LogP contribution in [0.25, 0.3) is 0 Å². The van der Waals surface area contributed by atoms with Gasteiger partial charge < -0.3 is 15.2 Å². The second-order valence-electron chi connectivity index (χ2n) is 3.71. The number of alkyl carbamates (subject to hydrolysis) is 1. The maximum atomic E-state index is 11.3. The van der Waals surface area contributed by atoms with Gasteiger partial charge in [0.15, 0.2) is 0 Å². The first kappa shape index (κ1) is 16.3. The highest BCUT2D eigenvalue weighted by Gasteiger charge is 2.22. The molecule has 1 heterocycles. The summed E-state index contributed by atoms with van der Waals surface area (Å²) in [5, 5.41) is 11.6. The molecular weight excluding hydrogens is 307 g/mol. The Morgan fingerprint density at radius 3 is 2.75 bits per heavy atom. The molecule has 6 nitrogen and oxygen atoms in total. The van der Waals surface area contributed by atoms with Crippen molar-refractivity contribution in [1.29, 1.82) is 0 Å². The van der Waals surface area contributed by atoms with E-state index in [0.717, 1.165) is 0 Å². The Morgan fingerprint density at radius 1 is 1.50 bits per heavy atom. The van der Waals surface area contributed by atoms with Crippen molar-refractivity contribution < 1.29 is 19.4 Å². The lowest BCUT2D eigenvalue weighted by Crippen LogP contribution is -2.42. The molecule has 0 aliphatic rings. The van der Waals surface area contributed by atoms with E-state index in [1.807, 2.05) is 0 Å². The summed E-state index contributed by atoms with van der Waals surface area (Å²) in [6.07, 6.45) is 0.479. The van der Waals surface area contributed by atoms with Crippen LogP contribution in [0.4, 0.5) is 4.79 Å². The molecule has 1 unspecified atom stereocenters. The number of ether oxygens (including phenoxy) is 1. The van der Waals surface area contributed by atoms with Crippen molar-refractivity contribution in [3.05, 3.63) is 40.7 Å². The minimum absolute atomic E-state index is 0.0125. The number of carboxylic acid groups (broad SMARTS) is 1. The highest BCUT2D eigenvalue weighted by Crippen LogP contribution is 2.18. The lowest BCUT2D eigenvalue weighted by atomic mass is 10.1. The van der Waals surface area contributed by atoms with Crippen molar-refractivity contribution >= 4 is 35.3 Å². The van der Waals surface area contributed by atoms with Crippen LogP contribution in [0.2, 0.25) is 10.3 Å². The third-order valence-corrected chi connectivity index (χ3v) is 2.78. The number of carbonyl (C=O) groups is 2. The third-order valence-electron chi connectivity index (χ3n) is 2.24. The van der Waals surface area contributed by atoms with Crippen LogP contribution in [0.3, 0.4) is 0 Å². The van der Waals surface area contributed by atoms with Gasteiger partial charge in [0.05, 0.1) is 0 Å². The van der Waals surface area contributed by atoms with Gasteiger partial charge in [0.1, 0.15) is 23.0 Å². The fourth-order valence-corrected chi connectivity index (χ4v) is 1.75. The zero-order chi connectivity index (χ0) is 15.1. The van der Waals surface area contributed by atoms with Gasteiger partial charge in [-0.05, 0) is 11.6 Å². The van der Waals surface area contributed by atoms with Crippen molar-refractivity contribution in [2.24, 2.45) is 0 Å². The number of carboxylic acids is 1. The molecular formula is C12H12Cl2N2O4. The topological polar surface area (TPSA) is 88.5 Å². The highest BCUT2D eigenvalue weighted by atomic mass is 35.5. The zero-order valence-corrected chi connectivity index (χ0v) is 11.8. The standard InChI is InChI=1S/C12H12Cl2N2O4/c1-2-5-20-12(19)15-8(11(17)18)6-7-3-4-9(13)16-10(7)14/h2-4,8H,1,5-6H2,(H,15,19)(H,17,18). The Balaban J connectivity index is 2.74. The van der Waals surface area contributed by atoms with Crippen LogP contribution < -0.4 is 5.32 Å². The normalized spacial score (nSPS) is 11.5. The molecule has 0 aliphatic carbocycles. The lowest BCUT2D eigenvalue weighted by Gasteiger charge is -2.14. The summed E-state index contributed by atoms with van der Waals surface area (Å²) in [5.41, 5.74) is 0.451. The van der Waals surface area contributed by atoms with Gasteiger partial charge in [-0.1, -0.05) is 41.9 Å². The third kappa shape index (κ3) is 5.07. The quantitative estimate of drug-likeness (QED) is 0.620. The van der Waals surface area contributed by atoms with Gasteiger partial charge in [-0.25, -0.2) is 14.6 Å². The number of nitrogens with zero attached hydrogens (tertiary/aromatic N) is 1. The van der Waals surface area contributed by atoms with E-state index in [2.05, 4.69) is 21.6 Å². The molecule has 0 saturated carbocycles. The van der Waals surface area contributed by atoms with Gasteiger partial charge in [0.2, 0.25) is 0 Å². The molecule has 0 aliphatic heterocycles.